The van der Waals surface area contributed by atoms with Crippen molar-refractivity contribution in [3.05, 3.63) is 59.9 Å². The molecule has 0 atom stereocenters. The molecule has 1 aliphatic carbocycles. The lowest BCUT2D eigenvalue weighted by molar-refractivity contribution is -0.128. The van der Waals surface area contributed by atoms with E-state index in [1.807, 2.05) is 18.2 Å². The fourth-order valence-corrected chi connectivity index (χ4v) is 3.96. The Bertz CT molecular complexity index is 986. The van der Waals surface area contributed by atoms with Crippen molar-refractivity contribution in [2.75, 3.05) is 5.32 Å². The van der Waals surface area contributed by atoms with E-state index in [9.17, 15) is 18.8 Å². The Morgan fingerprint density at radius 3 is 2.60 bits per heavy atom. The van der Waals surface area contributed by atoms with E-state index in [0.717, 1.165) is 5.56 Å². The predicted molar refractivity (Wildman–Crippen MR) is 107 cm³/mol. The molecule has 156 valence electrons. The van der Waals surface area contributed by atoms with Gasteiger partial charge in [-0.15, -0.1) is 0 Å². The van der Waals surface area contributed by atoms with Crippen molar-refractivity contribution in [1.29, 1.82) is 0 Å². The fourth-order valence-electron chi connectivity index (χ4n) is 3.96. The highest BCUT2D eigenvalue weighted by Crippen LogP contribution is 2.34. The smallest absolute Gasteiger partial charge is 0.322 e. The highest BCUT2D eigenvalue weighted by molar-refractivity contribution is 6.07. The Morgan fingerprint density at radius 2 is 1.90 bits per heavy atom. The normalized spacial score (nSPS) is 23.0. The van der Waals surface area contributed by atoms with Crippen LogP contribution >= 0.6 is 0 Å². The number of amides is 4. The minimum atomic E-state index is -0.873. The van der Waals surface area contributed by atoms with Gasteiger partial charge >= 0.3 is 6.03 Å². The van der Waals surface area contributed by atoms with Crippen LogP contribution in [0.5, 0.6) is 5.75 Å². The lowest BCUT2D eigenvalue weighted by Crippen LogP contribution is -2.50. The fraction of sp³-hybridized carbons (Fsp3) is 0.318. The Hall–Kier alpha value is -3.42. The summed E-state index contributed by atoms with van der Waals surface area (Å²) in [5, 5.41) is 7.89. The third kappa shape index (κ3) is 4.27. The van der Waals surface area contributed by atoms with Crippen LogP contribution in [0.1, 0.15) is 31.2 Å². The van der Waals surface area contributed by atoms with Crippen molar-refractivity contribution in [1.82, 2.24) is 10.6 Å². The van der Waals surface area contributed by atoms with E-state index in [1.54, 1.807) is 18.2 Å². The summed E-state index contributed by atoms with van der Waals surface area (Å²) in [7, 11) is 0. The zero-order valence-corrected chi connectivity index (χ0v) is 16.2. The number of hydrogen-bond acceptors (Lipinski definition) is 4. The number of carbonyl (C=O) groups excluding carboxylic acids is 3. The molecule has 1 saturated carbocycles. The average molecular weight is 411 g/mol. The van der Waals surface area contributed by atoms with E-state index in [1.165, 1.54) is 12.1 Å². The maximum absolute atomic E-state index is 13.2. The van der Waals surface area contributed by atoms with Crippen LogP contribution in [0.25, 0.3) is 0 Å². The van der Waals surface area contributed by atoms with E-state index in [-0.39, 0.29) is 30.2 Å². The maximum Gasteiger partial charge on any atom is 0.322 e. The number of ether oxygens (including phenoxy) is 1. The van der Waals surface area contributed by atoms with Crippen LogP contribution in [-0.2, 0) is 16.2 Å². The number of anilines is 1. The quantitative estimate of drug-likeness (QED) is 0.659. The van der Waals surface area contributed by atoms with Gasteiger partial charge in [0.25, 0.3) is 5.91 Å². The zero-order valence-electron chi connectivity index (χ0n) is 16.2. The third-order valence-corrected chi connectivity index (χ3v) is 5.62. The molecule has 1 aliphatic heterocycles. The summed E-state index contributed by atoms with van der Waals surface area (Å²) in [6.45, 7) is 0.244. The van der Waals surface area contributed by atoms with Gasteiger partial charge in [-0.3, -0.25) is 14.9 Å². The first-order chi connectivity index (χ1) is 14.4. The molecule has 0 bridgehead atoms. The second-order valence-corrected chi connectivity index (χ2v) is 7.70. The monoisotopic (exact) mass is 411 g/mol. The number of nitrogens with one attached hydrogen (secondary N) is 3. The largest absolute Gasteiger partial charge is 0.489 e. The molecule has 0 unspecified atom stereocenters. The number of carbonyl (C=O) groups is 3. The third-order valence-electron chi connectivity index (χ3n) is 5.62. The van der Waals surface area contributed by atoms with Gasteiger partial charge in [0, 0.05) is 17.7 Å². The molecule has 8 heteroatoms. The van der Waals surface area contributed by atoms with Crippen LogP contribution in [0, 0.1) is 11.7 Å². The highest BCUT2D eigenvalue weighted by atomic mass is 19.1. The van der Waals surface area contributed by atoms with Gasteiger partial charge in [-0.2, -0.15) is 0 Å². The second kappa shape index (κ2) is 8.14. The van der Waals surface area contributed by atoms with Crippen LogP contribution in [0.15, 0.2) is 48.5 Å². The molecule has 2 aromatic rings. The van der Waals surface area contributed by atoms with Gasteiger partial charge < -0.3 is 15.4 Å². The predicted octanol–water partition coefficient (Wildman–Crippen LogP) is 3.11. The SMILES string of the molecule is O=C1NC(=O)C2(CCC(C(=O)Nc3cccc(COc4cccc(F)c4)c3)CC2)N1. The number of halogens is 1. The Balaban J connectivity index is 1.32. The second-order valence-electron chi connectivity index (χ2n) is 7.70. The molecule has 0 radical (unpaired) electrons. The van der Waals surface area contributed by atoms with Crippen molar-refractivity contribution < 1.29 is 23.5 Å². The summed E-state index contributed by atoms with van der Waals surface area (Å²) in [6.07, 6.45) is 1.90. The van der Waals surface area contributed by atoms with E-state index >= 15 is 0 Å². The van der Waals surface area contributed by atoms with Crippen LogP contribution in [0.2, 0.25) is 0 Å². The van der Waals surface area contributed by atoms with Crippen LogP contribution < -0.4 is 20.7 Å². The summed E-state index contributed by atoms with van der Waals surface area (Å²) in [6, 6.07) is 12.7. The van der Waals surface area contributed by atoms with Crippen molar-refractivity contribution in [3.63, 3.8) is 0 Å². The number of rotatable bonds is 5. The van der Waals surface area contributed by atoms with E-state index in [0.29, 0.717) is 37.1 Å². The standard InChI is InChI=1S/C22H22FN3O4/c23-16-4-2-6-18(12-16)30-13-14-3-1-5-17(11-14)24-19(27)15-7-9-22(10-8-15)20(28)25-21(29)26-22/h1-6,11-12,15H,7-10,13H2,(H,24,27)(H2,25,26,28,29). The summed E-state index contributed by atoms with van der Waals surface area (Å²) < 4.78 is 18.8. The molecule has 3 N–H and O–H groups in total. The Morgan fingerprint density at radius 1 is 1.13 bits per heavy atom. The van der Waals surface area contributed by atoms with Crippen LogP contribution in [0.3, 0.4) is 0 Å². The van der Waals surface area contributed by atoms with Crippen molar-refractivity contribution in [2.24, 2.45) is 5.92 Å². The first-order valence-corrected chi connectivity index (χ1v) is 9.85. The Labute approximate surface area is 173 Å². The maximum atomic E-state index is 13.2. The number of urea groups is 1. The molecule has 4 amide bonds. The molecule has 4 rings (SSSR count). The van der Waals surface area contributed by atoms with Gasteiger partial charge in [0.2, 0.25) is 5.91 Å². The van der Waals surface area contributed by atoms with Crippen LogP contribution in [0.4, 0.5) is 14.9 Å². The highest BCUT2D eigenvalue weighted by Gasteiger charge is 2.48. The molecule has 1 spiro atoms. The zero-order chi connectivity index (χ0) is 21.1. The van der Waals surface area contributed by atoms with Gasteiger partial charge in [0.05, 0.1) is 0 Å². The van der Waals surface area contributed by atoms with E-state index in [2.05, 4.69) is 16.0 Å². The minimum absolute atomic E-state index is 0.113. The molecule has 2 fully saturated rings. The van der Waals surface area contributed by atoms with Gasteiger partial charge in [0.15, 0.2) is 0 Å². The molecule has 1 heterocycles. The number of hydrogen-bond donors (Lipinski definition) is 3. The van der Waals surface area contributed by atoms with Gasteiger partial charge in [0.1, 0.15) is 23.7 Å². The summed E-state index contributed by atoms with van der Waals surface area (Å²) in [4.78, 5) is 36.1. The summed E-state index contributed by atoms with van der Waals surface area (Å²) >= 11 is 0. The van der Waals surface area contributed by atoms with Crippen molar-refractivity contribution >= 4 is 23.5 Å². The molecule has 7 nitrogen and oxygen atoms in total. The first-order valence-electron chi connectivity index (χ1n) is 9.85. The van der Waals surface area contributed by atoms with E-state index < -0.39 is 11.6 Å². The molecule has 30 heavy (non-hydrogen) atoms. The topological polar surface area (TPSA) is 96.5 Å². The number of benzene rings is 2. The molecular weight excluding hydrogens is 389 g/mol. The van der Waals surface area contributed by atoms with Gasteiger partial charge in [-0.05, 0) is 55.5 Å². The first kappa shape index (κ1) is 19.9. The molecule has 1 saturated heterocycles. The lowest BCUT2D eigenvalue weighted by Gasteiger charge is -2.33. The molecule has 2 aliphatic rings. The average Bonchev–Trinajstić information content (AvgIpc) is 3.00. The summed E-state index contributed by atoms with van der Waals surface area (Å²) in [5.74, 6) is -0.579. The van der Waals surface area contributed by atoms with Crippen molar-refractivity contribution in [3.8, 4) is 5.75 Å². The molecule has 2 aromatic carbocycles. The number of imide groups is 1. The Kier molecular flexibility index (Phi) is 5.39. The summed E-state index contributed by atoms with van der Waals surface area (Å²) in [5.41, 5.74) is 0.611. The molecular formula is C22H22FN3O4. The van der Waals surface area contributed by atoms with E-state index in [4.69, 9.17) is 4.74 Å². The van der Waals surface area contributed by atoms with Gasteiger partial charge in [-0.1, -0.05) is 18.2 Å². The van der Waals surface area contributed by atoms with Gasteiger partial charge in [-0.25, -0.2) is 9.18 Å². The lowest BCUT2D eigenvalue weighted by atomic mass is 9.76. The van der Waals surface area contributed by atoms with Crippen molar-refractivity contribution in [2.45, 2.75) is 37.8 Å². The molecule has 0 aromatic heterocycles. The van der Waals surface area contributed by atoms with Crippen LogP contribution in [-0.4, -0.2) is 23.4 Å². The minimum Gasteiger partial charge on any atom is -0.489 e.